The molecule has 1 aliphatic heterocycles. The fraction of sp³-hybridized carbons (Fsp3) is 0.533. The molecule has 0 bridgehead atoms. The number of hydrogen-bond acceptors (Lipinski definition) is 4. The summed E-state index contributed by atoms with van der Waals surface area (Å²) in [6.07, 6.45) is 2.93. The molecule has 104 valence electrons. The number of ether oxygens (including phenoxy) is 3. The normalized spacial score (nSPS) is 14.2. The first kappa shape index (κ1) is 13.7. The van der Waals surface area contributed by atoms with Crippen LogP contribution in [0, 0.1) is 5.92 Å². The highest BCUT2D eigenvalue weighted by atomic mass is 16.7. The Bertz CT molecular complexity index is 442. The maximum atomic E-state index is 10.2. The van der Waals surface area contributed by atoms with E-state index in [0.717, 1.165) is 30.8 Å². The van der Waals surface area contributed by atoms with Gasteiger partial charge in [-0.2, -0.15) is 0 Å². The molecule has 1 atom stereocenters. The number of carbonyl (C=O) groups excluding carboxylic acids is 1. The lowest BCUT2D eigenvalue weighted by Gasteiger charge is -2.13. The van der Waals surface area contributed by atoms with Crippen molar-refractivity contribution in [3.8, 4) is 11.5 Å². The molecule has 2 rings (SSSR count). The fourth-order valence-corrected chi connectivity index (χ4v) is 2.28. The standard InChI is InChI=1S/C15H20O4/c1-3-12-6-14-15(19-10-18-14)7-13(12)5-4-11(2)8-17-9-16/h6-7,9,11H,3-5,8,10H2,1-2H3. The molecule has 0 aliphatic carbocycles. The number of fused-ring (bicyclic) bond motifs is 1. The quantitative estimate of drug-likeness (QED) is 0.710. The number of benzene rings is 1. The summed E-state index contributed by atoms with van der Waals surface area (Å²) in [5.41, 5.74) is 2.59. The van der Waals surface area contributed by atoms with Crippen LogP contribution in [0.4, 0.5) is 0 Å². The molecule has 1 unspecified atom stereocenters. The van der Waals surface area contributed by atoms with E-state index >= 15 is 0 Å². The fourth-order valence-electron chi connectivity index (χ4n) is 2.28. The summed E-state index contributed by atoms with van der Waals surface area (Å²) < 4.78 is 15.6. The molecule has 4 heteroatoms. The third-order valence-electron chi connectivity index (χ3n) is 3.43. The third-order valence-corrected chi connectivity index (χ3v) is 3.43. The Morgan fingerprint density at radius 2 is 2.00 bits per heavy atom. The van der Waals surface area contributed by atoms with Crippen molar-refractivity contribution < 1.29 is 19.0 Å². The van der Waals surface area contributed by atoms with Gasteiger partial charge in [-0.3, -0.25) is 4.79 Å². The molecule has 0 fully saturated rings. The van der Waals surface area contributed by atoms with E-state index in [4.69, 9.17) is 14.2 Å². The van der Waals surface area contributed by atoms with Gasteiger partial charge >= 0.3 is 0 Å². The van der Waals surface area contributed by atoms with E-state index in [-0.39, 0.29) is 0 Å². The van der Waals surface area contributed by atoms with Crippen LogP contribution in [0.1, 0.15) is 31.4 Å². The van der Waals surface area contributed by atoms with Crippen molar-refractivity contribution in [1.29, 1.82) is 0 Å². The smallest absolute Gasteiger partial charge is 0.293 e. The number of hydrogen-bond donors (Lipinski definition) is 0. The van der Waals surface area contributed by atoms with Crippen molar-refractivity contribution in [3.63, 3.8) is 0 Å². The summed E-state index contributed by atoms with van der Waals surface area (Å²) in [6, 6.07) is 4.15. The van der Waals surface area contributed by atoms with Crippen LogP contribution in [-0.4, -0.2) is 19.9 Å². The van der Waals surface area contributed by atoms with Crippen LogP contribution in [0.5, 0.6) is 11.5 Å². The molecule has 1 aromatic rings. The lowest BCUT2D eigenvalue weighted by Crippen LogP contribution is -2.07. The molecule has 1 heterocycles. The highest BCUT2D eigenvalue weighted by Gasteiger charge is 2.16. The van der Waals surface area contributed by atoms with E-state index in [9.17, 15) is 4.79 Å². The van der Waals surface area contributed by atoms with Gasteiger partial charge in [0.2, 0.25) is 6.79 Å². The summed E-state index contributed by atoms with van der Waals surface area (Å²) in [4.78, 5) is 10.2. The largest absolute Gasteiger partial charge is 0.468 e. The van der Waals surface area contributed by atoms with Crippen molar-refractivity contribution >= 4 is 6.47 Å². The average molecular weight is 264 g/mol. The Morgan fingerprint density at radius 1 is 1.32 bits per heavy atom. The van der Waals surface area contributed by atoms with Crippen molar-refractivity contribution in [1.82, 2.24) is 0 Å². The van der Waals surface area contributed by atoms with E-state index in [1.807, 2.05) is 0 Å². The van der Waals surface area contributed by atoms with Gasteiger partial charge in [-0.1, -0.05) is 13.8 Å². The SMILES string of the molecule is CCc1cc2c(cc1CCC(C)COC=O)OCO2. The topological polar surface area (TPSA) is 44.8 Å². The van der Waals surface area contributed by atoms with E-state index in [1.165, 1.54) is 11.1 Å². The molecular weight excluding hydrogens is 244 g/mol. The van der Waals surface area contributed by atoms with Gasteiger partial charge in [-0.05, 0) is 48.4 Å². The zero-order valence-electron chi connectivity index (χ0n) is 11.5. The maximum absolute atomic E-state index is 10.2. The van der Waals surface area contributed by atoms with E-state index in [1.54, 1.807) is 0 Å². The van der Waals surface area contributed by atoms with Crippen LogP contribution in [0.25, 0.3) is 0 Å². The first-order valence-corrected chi connectivity index (χ1v) is 6.71. The minimum absolute atomic E-state index is 0.311. The van der Waals surface area contributed by atoms with Gasteiger partial charge in [0.25, 0.3) is 6.47 Å². The molecule has 19 heavy (non-hydrogen) atoms. The first-order chi connectivity index (χ1) is 9.24. The lowest BCUT2D eigenvalue weighted by molar-refractivity contribution is -0.129. The third kappa shape index (κ3) is 3.40. The molecule has 0 saturated heterocycles. The Morgan fingerprint density at radius 3 is 2.63 bits per heavy atom. The molecule has 0 amide bonds. The lowest BCUT2D eigenvalue weighted by atomic mass is 9.96. The Kier molecular flexibility index (Phi) is 4.66. The summed E-state index contributed by atoms with van der Waals surface area (Å²) >= 11 is 0. The van der Waals surface area contributed by atoms with Crippen molar-refractivity contribution in [2.24, 2.45) is 5.92 Å². The summed E-state index contributed by atoms with van der Waals surface area (Å²) in [6.45, 7) is 5.53. The number of rotatable bonds is 7. The molecule has 1 aromatic carbocycles. The highest BCUT2D eigenvalue weighted by molar-refractivity contribution is 5.48. The molecule has 0 N–H and O–H groups in total. The van der Waals surface area contributed by atoms with Gasteiger partial charge < -0.3 is 14.2 Å². The van der Waals surface area contributed by atoms with Crippen LogP contribution in [0.3, 0.4) is 0 Å². The summed E-state index contributed by atoms with van der Waals surface area (Å²) in [5.74, 6) is 2.04. The number of carbonyl (C=O) groups is 1. The Hall–Kier alpha value is -1.71. The molecule has 0 spiro atoms. The minimum atomic E-state index is 0.311. The van der Waals surface area contributed by atoms with Gasteiger partial charge in [0, 0.05) is 0 Å². The summed E-state index contributed by atoms with van der Waals surface area (Å²) in [7, 11) is 0. The van der Waals surface area contributed by atoms with E-state index in [2.05, 4.69) is 26.0 Å². The monoisotopic (exact) mass is 264 g/mol. The van der Waals surface area contributed by atoms with Gasteiger partial charge in [0.05, 0.1) is 6.61 Å². The van der Waals surface area contributed by atoms with Crippen LogP contribution in [0.2, 0.25) is 0 Å². The Labute approximate surface area is 113 Å². The Balaban J connectivity index is 2.01. The zero-order chi connectivity index (χ0) is 13.7. The van der Waals surface area contributed by atoms with Gasteiger partial charge in [0.15, 0.2) is 11.5 Å². The van der Waals surface area contributed by atoms with Gasteiger partial charge in [-0.25, -0.2) is 0 Å². The second-order valence-electron chi connectivity index (χ2n) is 4.90. The first-order valence-electron chi connectivity index (χ1n) is 6.71. The molecular formula is C15H20O4. The van der Waals surface area contributed by atoms with Crippen LogP contribution >= 0.6 is 0 Å². The van der Waals surface area contributed by atoms with Crippen molar-refractivity contribution in [2.45, 2.75) is 33.1 Å². The summed E-state index contributed by atoms with van der Waals surface area (Å²) in [5, 5.41) is 0. The van der Waals surface area contributed by atoms with E-state index < -0.39 is 0 Å². The van der Waals surface area contributed by atoms with Crippen molar-refractivity contribution in [3.05, 3.63) is 23.3 Å². The minimum Gasteiger partial charge on any atom is -0.468 e. The van der Waals surface area contributed by atoms with Gasteiger partial charge in [0.1, 0.15) is 0 Å². The predicted octanol–water partition coefficient (Wildman–Crippen LogP) is 2.72. The van der Waals surface area contributed by atoms with Crippen LogP contribution in [0.15, 0.2) is 12.1 Å². The van der Waals surface area contributed by atoms with Crippen LogP contribution < -0.4 is 9.47 Å². The number of aryl methyl sites for hydroxylation is 2. The average Bonchev–Trinajstić information content (AvgIpc) is 2.88. The highest BCUT2D eigenvalue weighted by Crippen LogP contribution is 2.35. The van der Waals surface area contributed by atoms with Crippen LogP contribution in [-0.2, 0) is 22.4 Å². The second kappa shape index (κ2) is 6.45. The molecule has 1 aliphatic rings. The molecule has 4 nitrogen and oxygen atoms in total. The second-order valence-corrected chi connectivity index (χ2v) is 4.90. The molecule has 0 aromatic heterocycles. The predicted molar refractivity (Wildman–Crippen MR) is 71.4 cm³/mol. The zero-order valence-corrected chi connectivity index (χ0v) is 11.5. The maximum Gasteiger partial charge on any atom is 0.293 e. The van der Waals surface area contributed by atoms with E-state index in [0.29, 0.717) is 25.8 Å². The van der Waals surface area contributed by atoms with Crippen molar-refractivity contribution in [2.75, 3.05) is 13.4 Å². The molecule has 0 radical (unpaired) electrons. The van der Waals surface area contributed by atoms with Gasteiger partial charge in [-0.15, -0.1) is 0 Å². The molecule has 0 saturated carbocycles.